The van der Waals surface area contributed by atoms with Crippen LogP contribution in [0.15, 0.2) is 64.6 Å². The first-order valence-corrected chi connectivity index (χ1v) is 9.88. The molecule has 1 aliphatic carbocycles. The summed E-state index contributed by atoms with van der Waals surface area (Å²) in [7, 11) is 0. The van der Waals surface area contributed by atoms with Gasteiger partial charge in [-0.15, -0.1) is 0 Å². The molecule has 1 spiro atoms. The Morgan fingerprint density at radius 3 is 2.48 bits per heavy atom. The van der Waals surface area contributed by atoms with Gasteiger partial charge in [0.2, 0.25) is 0 Å². The van der Waals surface area contributed by atoms with Crippen molar-refractivity contribution in [2.75, 3.05) is 0 Å². The Bertz CT molecular complexity index is 876. The number of hydrogen-bond donors (Lipinski definition) is 0. The van der Waals surface area contributed by atoms with E-state index >= 15 is 0 Å². The van der Waals surface area contributed by atoms with Gasteiger partial charge >= 0.3 is 0 Å². The number of carbonyl (C=O) groups is 1. The number of nitrogens with zero attached hydrogens (tertiary/aromatic N) is 1. The summed E-state index contributed by atoms with van der Waals surface area (Å²) >= 11 is 3.46. The van der Waals surface area contributed by atoms with Crippen molar-refractivity contribution in [3.05, 3.63) is 75.8 Å². The monoisotopic (exact) mass is 427 g/mol. The molecule has 1 amide bonds. The number of carbonyl (C=O) groups excluding carboxylic acids is 1. The van der Waals surface area contributed by atoms with Crippen LogP contribution < -0.4 is 0 Å². The van der Waals surface area contributed by atoms with Crippen molar-refractivity contribution in [1.82, 2.24) is 5.06 Å². The normalized spacial score (nSPS) is 25.2. The van der Waals surface area contributed by atoms with Crippen molar-refractivity contribution in [2.24, 2.45) is 0 Å². The van der Waals surface area contributed by atoms with E-state index in [2.05, 4.69) is 22.0 Å². The largest absolute Gasteiger partial charge is 0.333 e. The molecule has 27 heavy (non-hydrogen) atoms. The second-order valence-electron chi connectivity index (χ2n) is 7.48. The van der Waals surface area contributed by atoms with E-state index in [1.165, 1.54) is 5.06 Å². The molecule has 140 valence electrons. The zero-order valence-corrected chi connectivity index (χ0v) is 17.0. The average Bonchev–Trinajstić information content (AvgIpc) is 2.87. The molecule has 0 bridgehead atoms. The van der Waals surface area contributed by atoms with Gasteiger partial charge in [0.05, 0.1) is 0 Å². The molecule has 1 saturated heterocycles. The molecule has 2 aromatic rings. The highest BCUT2D eigenvalue weighted by Crippen LogP contribution is 2.52. The third-order valence-electron chi connectivity index (χ3n) is 5.10. The lowest BCUT2D eigenvalue weighted by Gasteiger charge is -2.45. The van der Waals surface area contributed by atoms with Crippen LogP contribution in [0.2, 0.25) is 0 Å². The van der Waals surface area contributed by atoms with Gasteiger partial charge < -0.3 is 4.74 Å². The predicted octanol–water partition coefficient (Wildman–Crippen LogP) is 5.09. The summed E-state index contributed by atoms with van der Waals surface area (Å²) in [5, 5.41) is 1.47. The van der Waals surface area contributed by atoms with Crippen molar-refractivity contribution in [3.63, 3.8) is 0 Å². The molecule has 0 aromatic heterocycles. The van der Waals surface area contributed by atoms with E-state index in [9.17, 15) is 4.79 Å². The van der Waals surface area contributed by atoms with E-state index in [1.54, 1.807) is 13.8 Å². The van der Waals surface area contributed by atoms with E-state index in [1.807, 2.05) is 54.6 Å². The molecule has 1 unspecified atom stereocenters. The summed E-state index contributed by atoms with van der Waals surface area (Å²) < 4.78 is 7.30. The molecule has 1 saturated carbocycles. The number of hydrogen-bond acceptors (Lipinski definition) is 3. The number of rotatable bonds is 4. The third-order valence-corrected chi connectivity index (χ3v) is 5.63. The summed E-state index contributed by atoms with van der Waals surface area (Å²) in [5.74, 6) is -0.139. The SMILES string of the molecule is CC1(C)OC2(CC/C2=C\c2ccc(Br)cc2)N(OCc2ccccc2)C1=O. The lowest BCUT2D eigenvalue weighted by Crippen LogP contribution is -2.53. The summed E-state index contributed by atoms with van der Waals surface area (Å²) in [5.41, 5.74) is 1.45. The maximum absolute atomic E-state index is 12.9. The quantitative estimate of drug-likeness (QED) is 0.681. The first-order valence-electron chi connectivity index (χ1n) is 9.09. The Morgan fingerprint density at radius 1 is 1.15 bits per heavy atom. The Hall–Kier alpha value is -1.95. The molecule has 2 fully saturated rings. The first-order chi connectivity index (χ1) is 12.9. The van der Waals surface area contributed by atoms with Crippen LogP contribution in [0.5, 0.6) is 0 Å². The van der Waals surface area contributed by atoms with E-state index in [0.29, 0.717) is 6.61 Å². The van der Waals surface area contributed by atoms with Crippen LogP contribution in [0, 0.1) is 0 Å². The molecule has 5 heteroatoms. The second-order valence-corrected chi connectivity index (χ2v) is 8.39. The Balaban J connectivity index is 1.62. The van der Waals surface area contributed by atoms with Gasteiger partial charge in [0, 0.05) is 10.9 Å². The van der Waals surface area contributed by atoms with E-state index in [0.717, 1.165) is 34.0 Å². The molecule has 0 radical (unpaired) electrons. The maximum Gasteiger partial charge on any atom is 0.280 e. The van der Waals surface area contributed by atoms with Gasteiger partial charge in [-0.1, -0.05) is 64.5 Å². The van der Waals surface area contributed by atoms with Gasteiger partial charge in [-0.25, -0.2) is 0 Å². The molecular weight excluding hydrogens is 406 g/mol. The molecule has 4 rings (SSSR count). The standard InChI is InChI=1S/C22H22BrNO3/c1-21(2)20(25)24(26-15-17-6-4-3-5-7-17)22(27-21)13-12-18(22)14-16-8-10-19(23)11-9-16/h3-11,14H,12-13,15H2,1-2H3/b18-14+. The summed E-state index contributed by atoms with van der Waals surface area (Å²) in [4.78, 5) is 18.9. The fraction of sp³-hybridized carbons (Fsp3) is 0.318. The van der Waals surface area contributed by atoms with Crippen LogP contribution in [0.25, 0.3) is 6.08 Å². The molecule has 2 aromatic carbocycles. The summed E-state index contributed by atoms with van der Waals surface area (Å²) in [6.45, 7) is 3.94. The van der Waals surface area contributed by atoms with Crippen molar-refractivity contribution in [2.45, 2.75) is 44.6 Å². The van der Waals surface area contributed by atoms with Gasteiger partial charge in [-0.05, 0) is 49.1 Å². The minimum absolute atomic E-state index is 0.139. The third kappa shape index (κ3) is 3.35. The summed E-state index contributed by atoms with van der Waals surface area (Å²) in [6, 6.07) is 17.9. The smallest absolute Gasteiger partial charge is 0.280 e. The summed E-state index contributed by atoms with van der Waals surface area (Å²) in [6.07, 6.45) is 3.72. The number of ether oxygens (including phenoxy) is 1. The molecule has 1 atom stereocenters. The Labute approximate surface area is 167 Å². The van der Waals surface area contributed by atoms with Crippen LogP contribution in [-0.4, -0.2) is 22.3 Å². The van der Waals surface area contributed by atoms with Crippen LogP contribution in [0.4, 0.5) is 0 Å². The number of amides is 1. The molecule has 0 N–H and O–H groups in total. The fourth-order valence-corrected chi connectivity index (χ4v) is 3.83. The highest BCUT2D eigenvalue weighted by Gasteiger charge is 2.63. The molecule has 2 aliphatic rings. The predicted molar refractivity (Wildman–Crippen MR) is 107 cm³/mol. The van der Waals surface area contributed by atoms with Gasteiger partial charge in [-0.2, -0.15) is 5.06 Å². The average molecular weight is 428 g/mol. The molecule has 4 nitrogen and oxygen atoms in total. The molecular formula is C22H22BrNO3. The lowest BCUT2D eigenvalue weighted by molar-refractivity contribution is -0.266. The molecule has 1 aliphatic heterocycles. The molecule has 1 heterocycles. The minimum atomic E-state index is -0.907. The van der Waals surface area contributed by atoms with Gasteiger partial charge in [0.15, 0.2) is 5.72 Å². The minimum Gasteiger partial charge on any atom is -0.333 e. The lowest BCUT2D eigenvalue weighted by atomic mass is 9.80. The van der Waals surface area contributed by atoms with Crippen molar-refractivity contribution in [3.8, 4) is 0 Å². The van der Waals surface area contributed by atoms with Gasteiger partial charge in [-0.3, -0.25) is 9.63 Å². The van der Waals surface area contributed by atoms with E-state index in [4.69, 9.17) is 9.57 Å². The van der Waals surface area contributed by atoms with Gasteiger partial charge in [0.1, 0.15) is 12.2 Å². The fourth-order valence-electron chi connectivity index (χ4n) is 3.57. The highest BCUT2D eigenvalue weighted by molar-refractivity contribution is 9.10. The Morgan fingerprint density at radius 2 is 1.85 bits per heavy atom. The van der Waals surface area contributed by atoms with Crippen LogP contribution in [-0.2, 0) is 21.0 Å². The van der Waals surface area contributed by atoms with Crippen molar-refractivity contribution < 1.29 is 14.4 Å². The van der Waals surface area contributed by atoms with Crippen LogP contribution in [0.1, 0.15) is 37.8 Å². The Kier molecular flexibility index (Phi) is 4.70. The van der Waals surface area contributed by atoms with Gasteiger partial charge in [0.25, 0.3) is 5.91 Å². The number of halogens is 1. The zero-order chi connectivity index (χ0) is 19.1. The van der Waals surface area contributed by atoms with E-state index < -0.39 is 11.3 Å². The van der Waals surface area contributed by atoms with Crippen LogP contribution in [0.3, 0.4) is 0 Å². The first kappa shape index (κ1) is 18.4. The van der Waals surface area contributed by atoms with E-state index in [-0.39, 0.29) is 5.91 Å². The van der Waals surface area contributed by atoms with Crippen molar-refractivity contribution in [1.29, 1.82) is 0 Å². The maximum atomic E-state index is 12.9. The second kappa shape index (κ2) is 6.89. The van der Waals surface area contributed by atoms with Crippen molar-refractivity contribution >= 4 is 27.9 Å². The zero-order valence-electron chi connectivity index (χ0n) is 15.4. The van der Waals surface area contributed by atoms with Crippen LogP contribution >= 0.6 is 15.9 Å². The number of hydroxylamine groups is 2. The highest BCUT2D eigenvalue weighted by atomic mass is 79.9. The topological polar surface area (TPSA) is 38.8 Å². The number of benzene rings is 2.